The second-order valence-electron chi connectivity index (χ2n) is 5.01. The van der Waals surface area contributed by atoms with Crippen molar-refractivity contribution in [3.63, 3.8) is 0 Å². The molecule has 0 aromatic heterocycles. The molecule has 1 saturated heterocycles. The zero-order chi connectivity index (χ0) is 14.0. The fourth-order valence-corrected chi connectivity index (χ4v) is 2.74. The van der Waals surface area contributed by atoms with E-state index in [1.165, 1.54) is 6.26 Å². The molecule has 1 aromatic carbocycles. The standard InChI is InChI=1S/C13H18N2O3S.ClH/c1-19(17,18)7-6-10-2-4-12(5-3-10)15-9-11(14)8-13(15)16;/h2-5,11H,6-9,14H2,1H3;1H/t11-;/m1./s1. The fraction of sp³-hybridized carbons (Fsp3) is 0.462. The average molecular weight is 319 g/mol. The van der Waals surface area contributed by atoms with E-state index in [0.29, 0.717) is 19.4 Å². The molecule has 0 bridgehead atoms. The molecule has 112 valence electrons. The molecule has 1 amide bonds. The molecule has 1 aromatic rings. The van der Waals surface area contributed by atoms with Crippen LogP contribution in [0.5, 0.6) is 0 Å². The smallest absolute Gasteiger partial charge is 0.228 e. The van der Waals surface area contributed by atoms with Crippen LogP contribution in [0.3, 0.4) is 0 Å². The maximum atomic E-state index is 11.7. The molecule has 2 N–H and O–H groups in total. The fourth-order valence-electron chi connectivity index (χ4n) is 2.13. The summed E-state index contributed by atoms with van der Waals surface area (Å²) in [6.45, 7) is 0.543. The Kier molecular flexibility index (Phi) is 5.56. The summed E-state index contributed by atoms with van der Waals surface area (Å²) in [7, 11) is -2.95. The van der Waals surface area contributed by atoms with Gasteiger partial charge in [-0.2, -0.15) is 0 Å². The van der Waals surface area contributed by atoms with Crippen LogP contribution >= 0.6 is 12.4 Å². The van der Waals surface area contributed by atoms with Gasteiger partial charge in [0.15, 0.2) is 0 Å². The molecule has 0 radical (unpaired) electrons. The van der Waals surface area contributed by atoms with Gasteiger partial charge in [-0.25, -0.2) is 8.42 Å². The first kappa shape index (κ1) is 16.9. The maximum absolute atomic E-state index is 11.7. The Bertz CT molecular complexity index is 572. The van der Waals surface area contributed by atoms with E-state index >= 15 is 0 Å². The van der Waals surface area contributed by atoms with E-state index in [1.54, 1.807) is 4.90 Å². The van der Waals surface area contributed by atoms with Gasteiger partial charge in [0, 0.05) is 31.0 Å². The molecular weight excluding hydrogens is 300 g/mol. The molecule has 1 fully saturated rings. The number of carbonyl (C=O) groups is 1. The minimum absolute atomic E-state index is 0. The maximum Gasteiger partial charge on any atom is 0.228 e. The molecule has 1 heterocycles. The number of anilines is 1. The summed E-state index contributed by atoms with van der Waals surface area (Å²) in [5.74, 6) is 0.177. The van der Waals surface area contributed by atoms with E-state index in [9.17, 15) is 13.2 Å². The van der Waals surface area contributed by atoms with Crippen LogP contribution in [0.1, 0.15) is 12.0 Å². The van der Waals surface area contributed by atoms with Crippen molar-refractivity contribution in [1.82, 2.24) is 0 Å². The van der Waals surface area contributed by atoms with Gasteiger partial charge in [0.1, 0.15) is 9.84 Å². The molecule has 0 spiro atoms. The Hall–Kier alpha value is -1.11. The van der Waals surface area contributed by atoms with Gasteiger partial charge in [-0.1, -0.05) is 12.1 Å². The number of nitrogens with zero attached hydrogens (tertiary/aromatic N) is 1. The van der Waals surface area contributed by atoms with E-state index in [-0.39, 0.29) is 30.1 Å². The van der Waals surface area contributed by atoms with Crippen LogP contribution in [0.15, 0.2) is 24.3 Å². The largest absolute Gasteiger partial charge is 0.326 e. The van der Waals surface area contributed by atoms with Gasteiger partial charge in [-0.3, -0.25) is 4.79 Å². The summed E-state index contributed by atoms with van der Waals surface area (Å²) in [6.07, 6.45) is 2.11. The number of carbonyl (C=O) groups excluding carboxylic acids is 1. The highest BCUT2D eigenvalue weighted by atomic mass is 35.5. The van der Waals surface area contributed by atoms with Crippen molar-refractivity contribution >= 4 is 33.8 Å². The number of benzene rings is 1. The number of hydrogen-bond donors (Lipinski definition) is 1. The van der Waals surface area contributed by atoms with Crippen molar-refractivity contribution in [2.45, 2.75) is 18.9 Å². The zero-order valence-corrected chi connectivity index (χ0v) is 12.9. The Balaban J connectivity index is 0.00000200. The Labute approximate surface area is 125 Å². The highest BCUT2D eigenvalue weighted by Gasteiger charge is 2.27. The van der Waals surface area contributed by atoms with Crippen LogP contribution in [-0.2, 0) is 21.1 Å². The summed E-state index contributed by atoms with van der Waals surface area (Å²) >= 11 is 0. The van der Waals surface area contributed by atoms with Gasteiger partial charge in [0.05, 0.1) is 5.75 Å². The molecule has 20 heavy (non-hydrogen) atoms. The van der Waals surface area contributed by atoms with Gasteiger partial charge in [0.25, 0.3) is 0 Å². The first-order valence-corrected chi connectivity index (χ1v) is 8.24. The third-order valence-electron chi connectivity index (χ3n) is 3.16. The molecule has 0 aliphatic carbocycles. The molecule has 1 aliphatic heterocycles. The number of halogens is 1. The lowest BCUT2D eigenvalue weighted by atomic mass is 10.1. The van der Waals surface area contributed by atoms with Crippen LogP contribution in [-0.4, -0.2) is 38.9 Å². The van der Waals surface area contributed by atoms with Crippen molar-refractivity contribution in [2.75, 3.05) is 23.5 Å². The molecular formula is C13H19ClN2O3S. The third kappa shape index (κ3) is 4.47. The normalized spacial score (nSPS) is 19.0. The minimum Gasteiger partial charge on any atom is -0.326 e. The third-order valence-corrected chi connectivity index (χ3v) is 4.11. The quantitative estimate of drug-likeness (QED) is 0.888. The molecule has 5 nitrogen and oxygen atoms in total. The molecule has 0 unspecified atom stereocenters. The number of amides is 1. The lowest BCUT2D eigenvalue weighted by molar-refractivity contribution is -0.117. The van der Waals surface area contributed by atoms with Crippen molar-refractivity contribution < 1.29 is 13.2 Å². The van der Waals surface area contributed by atoms with E-state index in [1.807, 2.05) is 24.3 Å². The summed E-state index contributed by atoms with van der Waals surface area (Å²) < 4.78 is 22.2. The Morgan fingerprint density at radius 3 is 2.35 bits per heavy atom. The van der Waals surface area contributed by atoms with E-state index in [2.05, 4.69) is 0 Å². The van der Waals surface area contributed by atoms with Crippen molar-refractivity contribution in [2.24, 2.45) is 5.73 Å². The number of rotatable bonds is 4. The van der Waals surface area contributed by atoms with Crippen LogP contribution in [0.25, 0.3) is 0 Å². The van der Waals surface area contributed by atoms with Gasteiger partial charge in [-0.15, -0.1) is 12.4 Å². The topological polar surface area (TPSA) is 80.5 Å². The second-order valence-corrected chi connectivity index (χ2v) is 7.27. The first-order valence-electron chi connectivity index (χ1n) is 6.18. The van der Waals surface area contributed by atoms with Crippen LogP contribution in [0.2, 0.25) is 0 Å². The van der Waals surface area contributed by atoms with Gasteiger partial charge >= 0.3 is 0 Å². The van der Waals surface area contributed by atoms with Crippen LogP contribution in [0.4, 0.5) is 5.69 Å². The van der Waals surface area contributed by atoms with Gasteiger partial charge < -0.3 is 10.6 Å². The number of nitrogens with two attached hydrogens (primary N) is 1. The highest BCUT2D eigenvalue weighted by Crippen LogP contribution is 2.21. The van der Waals surface area contributed by atoms with Crippen LogP contribution in [0, 0.1) is 0 Å². The van der Waals surface area contributed by atoms with Gasteiger partial charge in [0.2, 0.25) is 5.91 Å². The van der Waals surface area contributed by atoms with Crippen LogP contribution < -0.4 is 10.6 Å². The predicted octanol–water partition coefficient (Wildman–Crippen LogP) is 0.760. The summed E-state index contributed by atoms with van der Waals surface area (Å²) in [5.41, 5.74) is 7.52. The minimum atomic E-state index is -2.95. The molecule has 2 rings (SSSR count). The number of sulfone groups is 1. The average Bonchev–Trinajstić information content (AvgIpc) is 2.66. The lowest BCUT2D eigenvalue weighted by Crippen LogP contribution is -2.27. The predicted molar refractivity (Wildman–Crippen MR) is 82.1 cm³/mol. The summed E-state index contributed by atoms with van der Waals surface area (Å²) in [5, 5.41) is 0. The molecule has 1 atom stereocenters. The summed E-state index contributed by atoms with van der Waals surface area (Å²) in [4.78, 5) is 13.4. The SMILES string of the molecule is CS(=O)(=O)CCc1ccc(N2C[C@H](N)CC2=O)cc1.Cl. The molecule has 1 aliphatic rings. The van der Waals surface area contributed by atoms with Gasteiger partial charge in [-0.05, 0) is 24.1 Å². The van der Waals surface area contributed by atoms with Crippen molar-refractivity contribution in [1.29, 1.82) is 0 Å². The van der Waals surface area contributed by atoms with Crippen molar-refractivity contribution in [3.05, 3.63) is 29.8 Å². The van der Waals surface area contributed by atoms with Crippen molar-refractivity contribution in [3.8, 4) is 0 Å². The first-order chi connectivity index (χ1) is 8.85. The summed E-state index contributed by atoms with van der Waals surface area (Å²) in [6, 6.07) is 7.30. The second kappa shape index (κ2) is 6.56. The monoisotopic (exact) mass is 318 g/mol. The van der Waals surface area contributed by atoms with E-state index < -0.39 is 9.84 Å². The van der Waals surface area contributed by atoms with E-state index in [0.717, 1.165) is 11.3 Å². The highest BCUT2D eigenvalue weighted by molar-refractivity contribution is 7.90. The molecule has 7 heteroatoms. The number of hydrogen-bond acceptors (Lipinski definition) is 4. The van der Waals surface area contributed by atoms with E-state index in [4.69, 9.17) is 5.73 Å². The number of aryl methyl sites for hydroxylation is 1. The molecule has 0 saturated carbocycles. The lowest BCUT2D eigenvalue weighted by Gasteiger charge is -2.16. The Morgan fingerprint density at radius 1 is 1.30 bits per heavy atom. The Morgan fingerprint density at radius 2 is 1.90 bits per heavy atom. The zero-order valence-electron chi connectivity index (χ0n) is 11.3.